The number of aryl methyl sites for hydroxylation is 2. The average Bonchev–Trinajstić information content (AvgIpc) is 2.84. The second-order valence-corrected chi connectivity index (χ2v) is 7.04. The van der Waals surface area contributed by atoms with Crippen LogP contribution in [0.5, 0.6) is 0 Å². The molecule has 1 amide bonds. The zero-order valence-corrected chi connectivity index (χ0v) is 16.2. The molecule has 0 radical (unpaired) electrons. The Labute approximate surface area is 170 Å². The second kappa shape index (κ2) is 7.37. The first-order valence-corrected chi connectivity index (χ1v) is 9.20. The SMILES string of the molecule is Cc1nccc(-c2cccc(C3=Nc4cc(C)c(C(F)(F)F)cc4NC(=O)C3)c2)n1. The molecule has 1 aliphatic heterocycles. The van der Waals surface area contributed by atoms with Gasteiger partial charge in [-0.25, -0.2) is 9.97 Å². The summed E-state index contributed by atoms with van der Waals surface area (Å²) in [6.07, 6.45) is -2.90. The Hall–Kier alpha value is -3.55. The van der Waals surface area contributed by atoms with E-state index in [1.165, 1.54) is 13.0 Å². The van der Waals surface area contributed by atoms with E-state index in [0.717, 1.165) is 17.3 Å². The number of aromatic nitrogens is 2. The summed E-state index contributed by atoms with van der Waals surface area (Å²) < 4.78 is 39.7. The second-order valence-electron chi connectivity index (χ2n) is 7.04. The van der Waals surface area contributed by atoms with E-state index < -0.39 is 17.6 Å². The van der Waals surface area contributed by atoms with Crippen molar-refractivity contribution in [3.8, 4) is 11.3 Å². The quantitative estimate of drug-likeness (QED) is 0.628. The molecule has 0 fully saturated rings. The largest absolute Gasteiger partial charge is 0.416 e. The molecule has 2 heterocycles. The van der Waals surface area contributed by atoms with E-state index in [0.29, 0.717) is 22.8 Å². The van der Waals surface area contributed by atoms with Crippen LogP contribution in [0.4, 0.5) is 24.5 Å². The summed E-state index contributed by atoms with van der Waals surface area (Å²) in [6.45, 7) is 3.17. The first-order valence-electron chi connectivity index (χ1n) is 9.20. The van der Waals surface area contributed by atoms with Crippen molar-refractivity contribution in [2.24, 2.45) is 4.99 Å². The maximum atomic E-state index is 13.2. The number of amides is 1. The lowest BCUT2D eigenvalue weighted by Gasteiger charge is -2.13. The molecular formula is C22H17F3N4O. The molecule has 1 aliphatic rings. The number of benzene rings is 2. The third-order valence-corrected chi connectivity index (χ3v) is 4.77. The summed E-state index contributed by atoms with van der Waals surface area (Å²) in [5.41, 5.74) is 2.33. The third kappa shape index (κ3) is 3.94. The van der Waals surface area contributed by atoms with Crippen LogP contribution in [0.25, 0.3) is 11.3 Å². The van der Waals surface area contributed by atoms with Gasteiger partial charge in [0.1, 0.15) is 5.82 Å². The zero-order valence-electron chi connectivity index (χ0n) is 16.2. The number of aliphatic imine (C=N–C) groups is 1. The maximum Gasteiger partial charge on any atom is 0.416 e. The Morgan fingerprint density at radius 3 is 2.53 bits per heavy atom. The molecule has 0 bridgehead atoms. The highest BCUT2D eigenvalue weighted by atomic mass is 19.4. The number of hydrogen-bond acceptors (Lipinski definition) is 4. The van der Waals surface area contributed by atoms with E-state index in [1.807, 2.05) is 24.3 Å². The molecule has 0 saturated heterocycles. The van der Waals surface area contributed by atoms with Crippen LogP contribution >= 0.6 is 0 Å². The average molecular weight is 410 g/mol. The Morgan fingerprint density at radius 2 is 1.80 bits per heavy atom. The molecule has 152 valence electrons. The fraction of sp³-hybridized carbons (Fsp3) is 0.182. The van der Waals surface area contributed by atoms with Gasteiger partial charge < -0.3 is 5.32 Å². The monoisotopic (exact) mass is 410 g/mol. The Kier molecular flexibility index (Phi) is 4.85. The van der Waals surface area contributed by atoms with Crippen LogP contribution in [0.2, 0.25) is 0 Å². The summed E-state index contributed by atoms with van der Waals surface area (Å²) in [5, 5.41) is 2.54. The first kappa shape index (κ1) is 19.8. The molecule has 0 aliphatic carbocycles. The van der Waals surface area contributed by atoms with Crippen molar-refractivity contribution in [2.75, 3.05) is 5.32 Å². The van der Waals surface area contributed by atoms with Gasteiger partial charge >= 0.3 is 6.18 Å². The number of nitrogens with one attached hydrogen (secondary N) is 1. The van der Waals surface area contributed by atoms with E-state index in [4.69, 9.17) is 0 Å². The summed E-state index contributed by atoms with van der Waals surface area (Å²) in [7, 11) is 0. The molecule has 1 aromatic heterocycles. The molecule has 2 aromatic carbocycles. The van der Waals surface area contributed by atoms with Crippen molar-refractivity contribution in [3.63, 3.8) is 0 Å². The van der Waals surface area contributed by atoms with Gasteiger partial charge in [0.2, 0.25) is 5.91 Å². The van der Waals surface area contributed by atoms with Crippen LogP contribution in [-0.4, -0.2) is 21.6 Å². The van der Waals surface area contributed by atoms with Crippen LogP contribution in [0.1, 0.15) is 28.9 Å². The van der Waals surface area contributed by atoms with Crippen molar-refractivity contribution in [1.29, 1.82) is 0 Å². The standard InChI is InChI=1S/C22H17F3N4O/c1-12-8-19-20(10-16(12)22(23,24)25)29-21(30)11-18(28-19)15-5-3-4-14(9-15)17-6-7-26-13(2)27-17/h3-10H,11H2,1-2H3,(H,29,30). The minimum Gasteiger partial charge on any atom is -0.324 e. The van der Waals surface area contributed by atoms with Gasteiger partial charge in [-0.3, -0.25) is 9.79 Å². The lowest BCUT2D eigenvalue weighted by molar-refractivity contribution is -0.138. The third-order valence-electron chi connectivity index (χ3n) is 4.77. The number of carbonyl (C=O) groups excluding carboxylic acids is 1. The van der Waals surface area contributed by atoms with Gasteiger partial charge in [0.25, 0.3) is 0 Å². The van der Waals surface area contributed by atoms with Crippen molar-refractivity contribution in [3.05, 3.63) is 71.2 Å². The van der Waals surface area contributed by atoms with E-state index >= 15 is 0 Å². The van der Waals surface area contributed by atoms with Gasteiger partial charge in [0, 0.05) is 11.8 Å². The number of rotatable bonds is 2. The molecule has 4 rings (SSSR count). The fourth-order valence-corrected chi connectivity index (χ4v) is 3.36. The summed E-state index contributed by atoms with van der Waals surface area (Å²) >= 11 is 0. The van der Waals surface area contributed by atoms with Crippen LogP contribution in [0.15, 0.2) is 53.7 Å². The Bertz CT molecular complexity index is 1190. The predicted molar refractivity (Wildman–Crippen MR) is 108 cm³/mol. The number of alkyl halides is 3. The van der Waals surface area contributed by atoms with E-state index in [2.05, 4.69) is 20.3 Å². The smallest absolute Gasteiger partial charge is 0.324 e. The zero-order chi connectivity index (χ0) is 21.5. The number of fused-ring (bicyclic) bond motifs is 1. The van der Waals surface area contributed by atoms with Gasteiger partial charge in [-0.1, -0.05) is 18.2 Å². The van der Waals surface area contributed by atoms with Crippen LogP contribution < -0.4 is 5.32 Å². The van der Waals surface area contributed by atoms with Gasteiger partial charge in [0.05, 0.1) is 34.8 Å². The minimum atomic E-state index is -4.51. The number of anilines is 1. The molecule has 1 N–H and O–H groups in total. The molecule has 8 heteroatoms. The Balaban J connectivity index is 1.80. The van der Waals surface area contributed by atoms with E-state index in [-0.39, 0.29) is 17.7 Å². The highest BCUT2D eigenvalue weighted by molar-refractivity contribution is 6.17. The number of hydrogen-bond donors (Lipinski definition) is 1. The van der Waals surface area contributed by atoms with Gasteiger partial charge in [-0.05, 0) is 49.2 Å². The lowest BCUT2D eigenvalue weighted by atomic mass is 10.0. The summed E-state index contributed by atoms with van der Waals surface area (Å²) in [4.78, 5) is 25.4. The highest BCUT2D eigenvalue weighted by Gasteiger charge is 2.34. The number of halogens is 3. The normalized spacial score (nSPS) is 13.9. The number of carbonyl (C=O) groups is 1. The van der Waals surface area contributed by atoms with Gasteiger partial charge in [0.15, 0.2) is 0 Å². The van der Waals surface area contributed by atoms with Gasteiger partial charge in [-0.15, -0.1) is 0 Å². The maximum absolute atomic E-state index is 13.2. The molecule has 0 atom stereocenters. The number of nitrogens with zero attached hydrogens (tertiary/aromatic N) is 3. The van der Waals surface area contributed by atoms with Crippen molar-refractivity contribution in [2.45, 2.75) is 26.4 Å². The summed E-state index contributed by atoms with van der Waals surface area (Å²) in [5.74, 6) is 0.210. The first-order chi connectivity index (χ1) is 14.2. The van der Waals surface area contributed by atoms with Crippen LogP contribution in [0, 0.1) is 13.8 Å². The topological polar surface area (TPSA) is 67.2 Å². The molecular weight excluding hydrogens is 393 g/mol. The predicted octanol–water partition coefficient (Wildman–Crippen LogP) is 5.24. The van der Waals surface area contributed by atoms with Crippen LogP contribution in [-0.2, 0) is 11.0 Å². The van der Waals surface area contributed by atoms with Crippen molar-refractivity contribution >= 4 is 23.0 Å². The van der Waals surface area contributed by atoms with Crippen molar-refractivity contribution < 1.29 is 18.0 Å². The van der Waals surface area contributed by atoms with E-state index in [1.54, 1.807) is 19.2 Å². The molecule has 0 saturated carbocycles. The fourth-order valence-electron chi connectivity index (χ4n) is 3.36. The molecule has 5 nitrogen and oxygen atoms in total. The highest BCUT2D eigenvalue weighted by Crippen LogP contribution is 2.39. The summed E-state index contributed by atoms with van der Waals surface area (Å²) in [6, 6.07) is 11.4. The van der Waals surface area contributed by atoms with Gasteiger partial charge in [-0.2, -0.15) is 13.2 Å². The Morgan fingerprint density at radius 1 is 1.03 bits per heavy atom. The molecule has 30 heavy (non-hydrogen) atoms. The molecule has 0 spiro atoms. The van der Waals surface area contributed by atoms with Crippen molar-refractivity contribution in [1.82, 2.24) is 9.97 Å². The molecule has 3 aromatic rings. The molecule has 0 unspecified atom stereocenters. The lowest BCUT2D eigenvalue weighted by Crippen LogP contribution is -2.15. The minimum absolute atomic E-state index is 0.0470. The van der Waals surface area contributed by atoms with Crippen LogP contribution in [0.3, 0.4) is 0 Å². The van der Waals surface area contributed by atoms with E-state index in [9.17, 15) is 18.0 Å².